The van der Waals surface area contributed by atoms with Gasteiger partial charge in [0, 0.05) is 11.1 Å². The molecule has 0 radical (unpaired) electrons. The van der Waals surface area contributed by atoms with Crippen molar-refractivity contribution in [3.63, 3.8) is 0 Å². The molecule has 2 aromatic carbocycles. The third-order valence-electron chi connectivity index (χ3n) is 2.08. The summed E-state index contributed by atoms with van der Waals surface area (Å²) in [6, 6.07) is 11.7. The number of nitrogens with two attached hydrogens (primary N) is 1. The largest absolute Gasteiger partial charge is 0.496 e. The lowest BCUT2D eigenvalue weighted by Gasteiger charge is -2.04. The van der Waals surface area contributed by atoms with Crippen molar-refractivity contribution in [2.24, 2.45) is 0 Å². The number of hydrogen-bond donors (Lipinski definition) is 1. The van der Waals surface area contributed by atoms with Crippen LogP contribution in [0.2, 0.25) is 0 Å². The maximum absolute atomic E-state index is 5.67. The zero-order valence-electron chi connectivity index (χ0n) is 7.86. The van der Waals surface area contributed by atoms with Crippen LogP contribution in [0.5, 0.6) is 5.75 Å². The van der Waals surface area contributed by atoms with Gasteiger partial charge in [0.1, 0.15) is 5.75 Å². The highest BCUT2D eigenvalue weighted by Gasteiger charge is 1.99. The second-order valence-electron chi connectivity index (χ2n) is 2.94. The lowest BCUT2D eigenvalue weighted by atomic mass is 10.1. The lowest BCUT2D eigenvalue weighted by Crippen LogP contribution is -1.87. The molecule has 0 atom stereocenters. The molecule has 2 nitrogen and oxygen atoms in total. The Morgan fingerprint density at radius 2 is 1.93 bits per heavy atom. The SMILES string of the molecule is COc1cccc2cc(N)ccc12.Cl. The van der Waals surface area contributed by atoms with Crippen LogP contribution in [0, 0.1) is 0 Å². The number of rotatable bonds is 1. The van der Waals surface area contributed by atoms with Crippen molar-refractivity contribution in [2.45, 2.75) is 0 Å². The highest BCUT2D eigenvalue weighted by atomic mass is 35.5. The Balaban J connectivity index is 0.000000980. The number of halogens is 1. The van der Waals surface area contributed by atoms with Gasteiger partial charge in [-0.05, 0) is 29.7 Å². The molecule has 0 aliphatic rings. The minimum Gasteiger partial charge on any atom is -0.496 e. The molecule has 0 heterocycles. The maximum Gasteiger partial charge on any atom is 0.126 e. The van der Waals surface area contributed by atoms with Crippen LogP contribution in [-0.4, -0.2) is 7.11 Å². The number of hydrogen-bond acceptors (Lipinski definition) is 2. The van der Waals surface area contributed by atoms with E-state index in [0.29, 0.717) is 0 Å². The van der Waals surface area contributed by atoms with Crippen molar-refractivity contribution in [1.82, 2.24) is 0 Å². The third-order valence-corrected chi connectivity index (χ3v) is 2.08. The Morgan fingerprint density at radius 1 is 1.14 bits per heavy atom. The van der Waals surface area contributed by atoms with E-state index in [4.69, 9.17) is 10.5 Å². The van der Waals surface area contributed by atoms with Crippen molar-refractivity contribution >= 4 is 28.9 Å². The van der Waals surface area contributed by atoms with Crippen LogP contribution in [0.25, 0.3) is 10.8 Å². The maximum atomic E-state index is 5.67. The number of benzene rings is 2. The van der Waals surface area contributed by atoms with E-state index in [-0.39, 0.29) is 12.4 Å². The molecular formula is C11H12ClNO. The first-order valence-corrected chi connectivity index (χ1v) is 4.13. The normalized spacial score (nSPS) is 9.50. The van der Waals surface area contributed by atoms with Gasteiger partial charge in [-0.25, -0.2) is 0 Å². The molecule has 2 rings (SSSR count). The predicted molar refractivity (Wildman–Crippen MR) is 62.2 cm³/mol. The summed E-state index contributed by atoms with van der Waals surface area (Å²) in [7, 11) is 1.67. The monoisotopic (exact) mass is 209 g/mol. The van der Waals surface area contributed by atoms with Crippen LogP contribution >= 0.6 is 12.4 Å². The fourth-order valence-electron chi connectivity index (χ4n) is 1.45. The molecule has 0 saturated carbocycles. The van der Waals surface area contributed by atoms with E-state index in [2.05, 4.69) is 0 Å². The Bertz CT molecular complexity index is 442. The molecule has 3 heteroatoms. The standard InChI is InChI=1S/C11H11NO.ClH/c1-13-11-4-2-3-8-7-9(12)5-6-10(8)11;/h2-7H,12H2,1H3;1H. The summed E-state index contributed by atoms with van der Waals surface area (Å²) in [6.07, 6.45) is 0. The highest BCUT2D eigenvalue weighted by Crippen LogP contribution is 2.26. The summed E-state index contributed by atoms with van der Waals surface area (Å²) in [5.41, 5.74) is 6.45. The molecule has 0 unspecified atom stereocenters. The molecule has 74 valence electrons. The third kappa shape index (κ3) is 1.75. The second-order valence-corrected chi connectivity index (χ2v) is 2.94. The predicted octanol–water partition coefficient (Wildman–Crippen LogP) is 2.85. The molecule has 14 heavy (non-hydrogen) atoms. The van der Waals surface area contributed by atoms with Gasteiger partial charge in [0.15, 0.2) is 0 Å². The van der Waals surface area contributed by atoms with Gasteiger partial charge in [0.05, 0.1) is 7.11 Å². The van der Waals surface area contributed by atoms with Crippen molar-refractivity contribution in [3.8, 4) is 5.75 Å². The first-order chi connectivity index (χ1) is 6.31. The zero-order valence-corrected chi connectivity index (χ0v) is 8.67. The van der Waals surface area contributed by atoms with Gasteiger partial charge in [-0.1, -0.05) is 12.1 Å². The number of nitrogen functional groups attached to an aromatic ring is 1. The summed E-state index contributed by atoms with van der Waals surface area (Å²) in [5, 5.41) is 2.21. The highest BCUT2D eigenvalue weighted by molar-refractivity contribution is 5.90. The van der Waals surface area contributed by atoms with E-state index < -0.39 is 0 Å². The van der Waals surface area contributed by atoms with Crippen molar-refractivity contribution < 1.29 is 4.74 Å². The summed E-state index contributed by atoms with van der Waals surface area (Å²) in [5.74, 6) is 0.887. The molecule has 0 bridgehead atoms. The minimum absolute atomic E-state index is 0. The molecule has 2 N–H and O–H groups in total. The van der Waals surface area contributed by atoms with Crippen LogP contribution in [0.4, 0.5) is 5.69 Å². The number of fused-ring (bicyclic) bond motifs is 1. The number of anilines is 1. The van der Waals surface area contributed by atoms with Gasteiger partial charge in [0.2, 0.25) is 0 Å². The molecule has 0 amide bonds. The van der Waals surface area contributed by atoms with Crippen molar-refractivity contribution in [1.29, 1.82) is 0 Å². The van der Waals surface area contributed by atoms with E-state index in [9.17, 15) is 0 Å². The average Bonchev–Trinajstić information content (AvgIpc) is 2.16. The van der Waals surface area contributed by atoms with E-state index in [1.165, 1.54) is 0 Å². The van der Waals surface area contributed by atoms with Gasteiger partial charge in [0.25, 0.3) is 0 Å². The van der Waals surface area contributed by atoms with Crippen molar-refractivity contribution in [2.75, 3.05) is 12.8 Å². The van der Waals surface area contributed by atoms with E-state index in [0.717, 1.165) is 22.2 Å². The van der Waals surface area contributed by atoms with Crippen LogP contribution in [-0.2, 0) is 0 Å². The van der Waals surface area contributed by atoms with Crippen molar-refractivity contribution in [3.05, 3.63) is 36.4 Å². The molecule has 0 aliphatic carbocycles. The lowest BCUT2D eigenvalue weighted by molar-refractivity contribution is 0.420. The Kier molecular flexibility index (Phi) is 3.20. The molecule has 0 aliphatic heterocycles. The first kappa shape index (κ1) is 10.7. The molecule has 0 spiro atoms. The molecule has 0 aromatic heterocycles. The van der Waals surface area contributed by atoms with E-state index >= 15 is 0 Å². The van der Waals surface area contributed by atoms with Crippen LogP contribution in [0.1, 0.15) is 0 Å². The Labute approximate surface area is 89.1 Å². The quantitative estimate of drug-likeness (QED) is 0.733. The van der Waals surface area contributed by atoms with Gasteiger partial charge in [-0.2, -0.15) is 0 Å². The van der Waals surface area contributed by atoms with E-state index in [1.807, 2.05) is 36.4 Å². The van der Waals surface area contributed by atoms with Crippen LogP contribution in [0.3, 0.4) is 0 Å². The minimum atomic E-state index is 0. The number of methoxy groups -OCH3 is 1. The first-order valence-electron chi connectivity index (χ1n) is 4.13. The fraction of sp³-hybridized carbons (Fsp3) is 0.0909. The summed E-state index contributed by atoms with van der Waals surface area (Å²) < 4.78 is 5.23. The second kappa shape index (κ2) is 4.20. The summed E-state index contributed by atoms with van der Waals surface area (Å²) in [6.45, 7) is 0. The Hall–Kier alpha value is -1.41. The topological polar surface area (TPSA) is 35.2 Å². The summed E-state index contributed by atoms with van der Waals surface area (Å²) >= 11 is 0. The molecule has 2 aromatic rings. The average molecular weight is 210 g/mol. The molecule has 0 saturated heterocycles. The fourth-order valence-corrected chi connectivity index (χ4v) is 1.45. The molecular weight excluding hydrogens is 198 g/mol. The smallest absolute Gasteiger partial charge is 0.126 e. The van der Waals surface area contributed by atoms with E-state index in [1.54, 1.807) is 7.11 Å². The Morgan fingerprint density at radius 3 is 2.64 bits per heavy atom. The van der Waals surface area contributed by atoms with Gasteiger partial charge >= 0.3 is 0 Å². The molecule has 0 fully saturated rings. The number of ether oxygens (including phenoxy) is 1. The zero-order chi connectivity index (χ0) is 9.26. The van der Waals surface area contributed by atoms with Gasteiger partial charge in [-0.3, -0.25) is 0 Å². The van der Waals surface area contributed by atoms with Crippen LogP contribution < -0.4 is 10.5 Å². The van der Waals surface area contributed by atoms with Crippen LogP contribution in [0.15, 0.2) is 36.4 Å². The summed E-state index contributed by atoms with van der Waals surface area (Å²) in [4.78, 5) is 0. The van der Waals surface area contributed by atoms with Gasteiger partial charge < -0.3 is 10.5 Å². The van der Waals surface area contributed by atoms with Gasteiger partial charge in [-0.15, -0.1) is 12.4 Å².